The van der Waals surface area contributed by atoms with E-state index in [1.807, 2.05) is 18.7 Å². The van der Waals surface area contributed by atoms with Gasteiger partial charge in [-0.25, -0.2) is 0 Å². The molecule has 10 heteroatoms. The molecule has 252 valence electrons. The van der Waals surface area contributed by atoms with Gasteiger partial charge in [-0.3, -0.25) is 14.6 Å². The maximum atomic E-state index is 13.4. The molecular weight excluding hydrogens is 594 g/mol. The maximum absolute atomic E-state index is 13.4. The van der Waals surface area contributed by atoms with Crippen LogP contribution in [0.4, 0.5) is 26.3 Å². The largest absolute Gasteiger partial charge is 0.416 e. The number of Topliss-reactive ketones (excluding diaryl/α,β-unsaturated/α-hetero) is 1. The number of nitrogens with zero attached hydrogens (tertiary/aromatic N) is 2. The minimum Gasteiger partial charge on any atom is -0.389 e. The van der Waals surface area contributed by atoms with E-state index >= 15 is 0 Å². The van der Waals surface area contributed by atoms with Gasteiger partial charge in [0.05, 0.1) is 16.7 Å². The van der Waals surface area contributed by atoms with E-state index in [0.717, 1.165) is 69.9 Å². The van der Waals surface area contributed by atoms with Gasteiger partial charge in [0, 0.05) is 50.1 Å². The summed E-state index contributed by atoms with van der Waals surface area (Å²) < 4.78 is 80.6. The number of alkyl halides is 6. The van der Waals surface area contributed by atoms with Crippen molar-refractivity contribution in [3.8, 4) is 0 Å². The summed E-state index contributed by atoms with van der Waals surface area (Å²) in [6.07, 6.45) is -1.25. The highest BCUT2D eigenvalue weighted by atomic mass is 19.4. The zero-order valence-corrected chi connectivity index (χ0v) is 26.9. The fraction of sp³-hybridized carbons (Fsp3) is 0.800. The van der Waals surface area contributed by atoms with Crippen LogP contribution in [-0.2, 0) is 23.7 Å². The lowest BCUT2D eigenvalue weighted by atomic mass is 9.44. The van der Waals surface area contributed by atoms with Crippen LogP contribution in [-0.4, -0.2) is 58.0 Å². The zero-order chi connectivity index (χ0) is 32.7. The molecule has 5 fully saturated rings. The first-order valence-electron chi connectivity index (χ1n) is 16.8. The maximum Gasteiger partial charge on any atom is 0.416 e. The minimum atomic E-state index is -4.87. The molecule has 1 heterocycles. The van der Waals surface area contributed by atoms with E-state index in [0.29, 0.717) is 49.1 Å². The lowest BCUT2D eigenvalue weighted by Crippen LogP contribution is -2.62. The number of rotatable bonds is 4. The first-order chi connectivity index (χ1) is 20.8. The SMILES string of the molecule is C[C@@H]1CN(Cc2cc(C(F)(F)F)cc(C(F)(F)F)c2)[C@@H](C)CN1C[C@@]1(O)CC[C@@]2(C)[C@@H](CC[C@@H]3[C@@H]2CC[C@]2(C)C(=O)CC[C@@H]32)C1. The van der Waals surface area contributed by atoms with Crippen LogP contribution in [0.2, 0.25) is 0 Å². The van der Waals surface area contributed by atoms with E-state index in [2.05, 4.69) is 18.7 Å². The molecule has 1 aliphatic heterocycles. The molecule has 1 aromatic carbocycles. The summed E-state index contributed by atoms with van der Waals surface area (Å²) in [5.74, 6) is 2.58. The molecule has 9 atom stereocenters. The third kappa shape index (κ3) is 5.98. The quantitative estimate of drug-likeness (QED) is 0.339. The van der Waals surface area contributed by atoms with Gasteiger partial charge in [-0.2, -0.15) is 26.3 Å². The smallest absolute Gasteiger partial charge is 0.389 e. The average molecular weight is 643 g/mol. The van der Waals surface area contributed by atoms with Gasteiger partial charge in [0.2, 0.25) is 0 Å². The summed E-state index contributed by atoms with van der Waals surface area (Å²) in [7, 11) is 0. The summed E-state index contributed by atoms with van der Waals surface area (Å²) in [5, 5.41) is 12.0. The second kappa shape index (κ2) is 11.2. The lowest BCUT2D eigenvalue weighted by Gasteiger charge is -2.61. The molecule has 4 aliphatic carbocycles. The van der Waals surface area contributed by atoms with Gasteiger partial charge in [-0.15, -0.1) is 0 Å². The molecule has 6 rings (SSSR count). The summed E-state index contributed by atoms with van der Waals surface area (Å²) in [6.45, 7) is 10.2. The Bertz CT molecular complexity index is 1270. The zero-order valence-electron chi connectivity index (χ0n) is 26.9. The Morgan fingerprint density at radius 1 is 0.822 bits per heavy atom. The van der Waals surface area contributed by atoms with Gasteiger partial charge < -0.3 is 5.11 Å². The van der Waals surface area contributed by atoms with Gasteiger partial charge in [0.25, 0.3) is 0 Å². The second-order valence-electron chi connectivity index (χ2n) is 16.0. The molecule has 4 saturated carbocycles. The molecule has 5 aliphatic rings. The number of benzene rings is 1. The molecule has 45 heavy (non-hydrogen) atoms. The standard InChI is InChI=1S/C35H48F6N2O2/c1-21-18-43(22(2)17-42(21)19-23-13-25(34(36,37)38)15-26(14-23)35(39,40)41)20-33(45)12-11-31(3)24(16-33)5-6-27-28-7-8-30(44)32(28,4)10-9-29(27)31/h13-15,21-22,24,27-29,45H,5-12,16-20H2,1-4H3/t21-,22+,24-,27-,28-,29-,31-,32-,33+/m0/s1. The summed E-state index contributed by atoms with van der Waals surface area (Å²) in [5.41, 5.74) is -3.38. The monoisotopic (exact) mass is 642 g/mol. The number of fused-ring (bicyclic) bond motifs is 5. The summed E-state index contributed by atoms with van der Waals surface area (Å²) >= 11 is 0. The number of halogens is 6. The van der Waals surface area contributed by atoms with Gasteiger partial charge in [0.15, 0.2) is 0 Å². The summed E-state index contributed by atoms with van der Waals surface area (Å²) in [4.78, 5) is 17.0. The topological polar surface area (TPSA) is 43.8 Å². The lowest BCUT2D eigenvalue weighted by molar-refractivity contribution is -0.160. The predicted molar refractivity (Wildman–Crippen MR) is 159 cm³/mol. The minimum absolute atomic E-state index is 0.00422. The highest BCUT2D eigenvalue weighted by molar-refractivity contribution is 5.87. The van der Waals surface area contributed by atoms with Crippen molar-refractivity contribution in [2.75, 3.05) is 19.6 Å². The van der Waals surface area contributed by atoms with Crippen molar-refractivity contribution in [1.29, 1.82) is 0 Å². The molecule has 1 saturated heterocycles. The van der Waals surface area contributed by atoms with Gasteiger partial charge in [-0.05, 0) is 118 Å². The number of hydrogen-bond acceptors (Lipinski definition) is 4. The van der Waals surface area contributed by atoms with E-state index in [4.69, 9.17) is 0 Å². The Labute approximate surface area is 262 Å². The molecule has 0 spiro atoms. The fourth-order valence-corrected chi connectivity index (χ4v) is 10.7. The highest BCUT2D eigenvalue weighted by Gasteiger charge is 2.61. The molecule has 0 unspecified atom stereocenters. The third-order valence-corrected chi connectivity index (χ3v) is 13.3. The van der Waals surface area contributed by atoms with Crippen LogP contribution in [0.25, 0.3) is 0 Å². The molecular formula is C35H48F6N2O2. The molecule has 4 nitrogen and oxygen atoms in total. The molecule has 1 N–H and O–H groups in total. The Hall–Kier alpha value is -1.65. The average Bonchev–Trinajstić information content (AvgIpc) is 3.25. The van der Waals surface area contributed by atoms with Gasteiger partial charge in [0.1, 0.15) is 5.78 Å². The van der Waals surface area contributed by atoms with E-state index in [1.165, 1.54) is 0 Å². The summed E-state index contributed by atoms with van der Waals surface area (Å²) in [6, 6.07) is 1.71. The van der Waals surface area contributed by atoms with Crippen LogP contribution < -0.4 is 0 Å². The Morgan fingerprint density at radius 2 is 1.44 bits per heavy atom. The molecule has 0 aromatic heterocycles. The normalized spacial score (nSPS) is 41.4. The molecule has 0 amide bonds. The van der Waals surface area contributed by atoms with Crippen molar-refractivity contribution in [2.24, 2.45) is 34.5 Å². The highest BCUT2D eigenvalue weighted by Crippen LogP contribution is 2.66. The van der Waals surface area contributed by atoms with Gasteiger partial charge in [-0.1, -0.05) is 13.8 Å². The Balaban J connectivity index is 1.10. The number of ketones is 1. The fourth-order valence-electron chi connectivity index (χ4n) is 10.7. The molecule has 0 radical (unpaired) electrons. The van der Waals surface area contributed by atoms with Crippen LogP contribution in [0.3, 0.4) is 0 Å². The number of aliphatic hydroxyl groups is 1. The first-order valence-corrected chi connectivity index (χ1v) is 16.8. The van der Waals surface area contributed by atoms with Gasteiger partial charge >= 0.3 is 12.4 Å². The third-order valence-electron chi connectivity index (χ3n) is 13.3. The van der Waals surface area contributed by atoms with Crippen LogP contribution in [0.5, 0.6) is 0 Å². The van der Waals surface area contributed by atoms with E-state index in [1.54, 1.807) is 0 Å². The van der Waals surface area contributed by atoms with Crippen LogP contribution in [0.1, 0.15) is 102 Å². The van der Waals surface area contributed by atoms with Crippen LogP contribution in [0.15, 0.2) is 18.2 Å². The van der Waals surface area contributed by atoms with Crippen molar-refractivity contribution < 1.29 is 36.2 Å². The number of carbonyl (C=O) groups is 1. The Kier molecular flexibility index (Phi) is 8.29. The van der Waals surface area contributed by atoms with Crippen molar-refractivity contribution in [1.82, 2.24) is 9.80 Å². The van der Waals surface area contributed by atoms with E-state index < -0.39 is 29.1 Å². The first kappa shape index (κ1) is 33.3. The number of carbonyl (C=O) groups excluding carboxylic acids is 1. The van der Waals surface area contributed by atoms with Crippen LogP contribution in [0, 0.1) is 34.5 Å². The Morgan fingerprint density at radius 3 is 2.09 bits per heavy atom. The predicted octanol–water partition coefficient (Wildman–Crippen LogP) is 7.96. The van der Waals surface area contributed by atoms with Crippen LogP contribution >= 0.6 is 0 Å². The van der Waals surface area contributed by atoms with Crippen molar-refractivity contribution in [2.45, 2.75) is 122 Å². The molecule has 1 aromatic rings. The number of piperazine rings is 1. The van der Waals surface area contributed by atoms with E-state index in [-0.39, 0.29) is 41.1 Å². The van der Waals surface area contributed by atoms with E-state index in [9.17, 15) is 36.2 Å². The number of hydrogen-bond donors (Lipinski definition) is 1. The van der Waals surface area contributed by atoms with Crippen molar-refractivity contribution in [3.63, 3.8) is 0 Å². The van der Waals surface area contributed by atoms with Crippen molar-refractivity contribution in [3.05, 3.63) is 34.9 Å². The van der Waals surface area contributed by atoms with Crippen molar-refractivity contribution >= 4 is 5.78 Å². The number of β-amino-alcohol motifs (C(OH)–C–C–N with tert-alkyl or cyclic N) is 1. The second-order valence-corrected chi connectivity index (χ2v) is 16.0. The molecule has 0 bridgehead atoms.